The van der Waals surface area contributed by atoms with Crippen LogP contribution in [0.1, 0.15) is 5.56 Å². The Morgan fingerprint density at radius 3 is 2.59 bits per heavy atom. The first kappa shape index (κ1) is 13.8. The smallest absolute Gasteiger partial charge is 0.395 e. The molecule has 1 aromatic rings. The van der Waals surface area contributed by atoms with Crippen molar-refractivity contribution in [3.05, 3.63) is 34.9 Å². The lowest BCUT2D eigenvalue weighted by Gasteiger charge is -2.05. The lowest BCUT2D eigenvalue weighted by molar-refractivity contribution is 0.197. The van der Waals surface area contributed by atoms with Gasteiger partial charge in [0.25, 0.3) is 0 Å². The van der Waals surface area contributed by atoms with Gasteiger partial charge in [0.15, 0.2) is 0 Å². The van der Waals surface area contributed by atoms with Crippen LogP contribution in [-0.4, -0.2) is 24.4 Å². The highest BCUT2D eigenvalue weighted by molar-refractivity contribution is 6.30. The standard InChI is InChI=1S/C11H12Cl2N2O2/c12-7-10(14)17-11(16)15-6-5-8-1-3-9(13)4-2-8/h1-4,14H,5-7H2,(H,15,16). The van der Waals surface area contributed by atoms with Crippen LogP contribution < -0.4 is 5.32 Å². The van der Waals surface area contributed by atoms with Crippen molar-refractivity contribution in [3.8, 4) is 0 Å². The van der Waals surface area contributed by atoms with Crippen molar-refractivity contribution in [2.75, 3.05) is 12.4 Å². The van der Waals surface area contributed by atoms with E-state index in [-0.39, 0.29) is 11.8 Å². The number of rotatable bonds is 4. The Bertz CT molecular complexity index is 393. The second-order valence-corrected chi connectivity index (χ2v) is 3.95. The SMILES string of the molecule is N=C(CCl)OC(=O)NCCc1ccc(Cl)cc1. The molecule has 0 aliphatic carbocycles. The lowest BCUT2D eigenvalue weighted by atomic mass is 10.1. The molecule has 1 aromatic carbocycles. The molecule has 6 heteroatoms. The molecule has 1 amide bonds. The quantitative estimate of drug-likeness (QED) is 0.504. The van der Waals surface area contributed by atoms with Gasteiger partial charge < -0.3 is 10.1 Å². The largest absolute Gasteiger partial charge is 0.413 e. The zero-order valence-electron chi connectivity index (χ0n) is 9.00. The predicted octanol–water partition coefficient (Wildman–Crippen LogP) is 2.82. The zero-order chi connectivity index (χ0) is 12.7. The number of alkyl carbamates (subject to hydrolysis) is 1. The summed E-state index contributed by atoms with van der Waals surface area (Å²) in [4.78, 5) is 11.1. The number of hydrogen-bond acceptors (Lipinski definition) is 3. The molecule has 0 aromatic heterocycles. The van der Waals surface area contributed by atoms with Gasteiger partial charge in [-0.05, 0) is 24.1 Å². The Balaban J connectivity index is 2.26. The van der Waals surface area contributed by atoms with Crippen molar-refractivity contribution in [2.24, 2.45) is 0 Å². The molecule has 0 spiro atoms. The van der Waals surface area contributed by atoms with Crippen LogP contribution in [0.2, 0.25) is 5.02 Å². The fourth-order valence-corrected chi connectivity index (χ4v) is 1.32. The molecule has 0 bridgehead atoms. The van der Waals surface area contributed by atoms with Gasteiger partial charge in [0, 0.05) is 11.6 Å². The Kier molecular flexibility index (Phi) is 5.80. The van der Waals surface area contributed by atoms with Crippen LogP contribution in [0.5, 0.6) is 0 Å². The maximum atomic E-state index is 11.1. The molecule has 0 unspecified atom stereocenters. The van der Waals surface area contributed by atoms with Gasteiger partial charge in [-0.2, -0.15) is 0 Å². The van der Waals surface area contributed by atoms with E-state index in [0.717, 1.165) is 5.56 Å². The summed E-state index contributed by atoms with van der Waals surface area (Å²) >= 11 is 11.0. The summed E-state index contributed by atoms with van der Waals surface area (Å²) in [5, 5.41) is 10.3. The molecule has 0 atom stereocenters. The number of carbonyl (C=O) groups is 1. The number of amides is 1. The molecular weight excluding hydrogens is 263 g/mol. The third kappa shape index (κ3) is 5.56. The van der Waals surface area contributed by atoms with E-state index in [1.807, 2.05) is 12.1 Å². The number of halogens is 2. The topological polar surface area (TPSA) is 62.2 Å². The van der Waals surface area contributed by atoms with Crippen LogP contribution in [-0.2, 0) is 11.2 Å². The summed E-state index contributed by atoms with van der Waals surface area (Å²) in [6.07, 6.45) is 0.00475. The van der Waals surface area contributed by atoms with Crippen LogP contribution in [0.15, 0.2) is 24.3 Å². The third-order valence-electron chi connectivity index (χ3n) is 1.93. The minimum absolute atomic E-state index is 0.120. The first-order valence-corrected chi connectivity index (χ1v) is 5.86. The number of hydrogen-bond donors (Lipinski definition) is 2. The zero-order valence-corrected chi connectivity index (χ0v) is 10.5. The van der Waals surface area contributed by atoms with Crippen molar-refractivity contribution in [1.82, 2.24) is 5.32 Å². The molecule has 0 aliphatic heterocycles. The monoisotopic (exact) mass is 274 g/mol. The first-order valence-electron chi connectivity index (χ1n) is 4.95. The maximum absolute atomic E-state index is 11.1. The number of alkyl halides is 1. The fraction of sp³-hybridized carbons (Fsp3) is 0.273. The van der Waals surface area contributed by atoms with Gasteiger partial charge in [-0.1, -0.05) is 23.7 Å². The molecule has 0 saturated carbocycles. The highest BCUT2D eigenvalue weighted by atomic mass is 35.5. The van der Waals surface area contributed by atoms with E-state index < -0.39 is 6.09 Å². The van der Waals surface area contributed by atoms with Gasteiger partial charge in [0.05, 0.1) is 5.88 Å². The van der Waals surface area contributed by atoms with Crippen LogP contribution in [0.3, 0.4) is 0 Å². The van der Waals surface area contributed by atoms with E-state index in [0.29, 0.717) is 18.0 Å². The molecule has 1 rings (SSSR count). The minimum Gasteiger partial charge on any atom is -0.395 e. The summed E-state index contributed by atoms with van der Waals surface area (Å²) < 4.78 is 4.54. The third-order valence-corrected chi connectivity index (χ3v) is 2.43. The Morgan fingerprint density at radius 2 is 2.00 bits per heavy atom. The molecule has 0 heterocycles. The molecule has 2 N–H and O–H groups in total. The van der Waals surface area contributed by atoms with E-state index in [4.69, 9.17) is 28.6 Å². The van der Waals surface area contributed by atoms with Crippen molar-refractivity contribution < 1.29 is 9.53 Å². The molecule has 92 valence electrons. The summed E-state index contributed by atoms with van der Waals surface area (Å²) in [5.74, 6) is -0.388. The van der Waals surface area contributed by atoms with Gasteiger partial charge in [0.1, 0.15) is 0 Å². The molecule has 0 radical (unpaired) electrons. The summed E-state index contributed by atoms with van der Waals surface area (Å²) in [5.41, 5.74) is 1.06. The van der Waals surface area contributed by atoms with Gasteiger partial charge in [-0.3, -0.25) is 5.41 Å². The van der Waals surface area contributed by atoms with E-state index >= 15 is 0 Å². The fourth-order valence-electron chi connectivity index (χ4n) is 1.14. The van der Waals surface area contributed by atoms with Crippen molar-refractivity contribution >= 4 is 35.2 Å². The normalized spacial score (nSPS) is 9.76. The van der Waals surface area contributed by atoms with E-state index in [1.165, 1.54) is 0 Å². The average molecular weight is 275 g/mol. The Labute approximate surface area is 109 Å². The van der Waals surface area contributed by atoms with Gasteiger partial charge in [-0.25, -0.2) is 4.79 Å². The van der Waals surface area contributed by atoms with Gasteiger partial charge in [0.2, 0.25) is 5.90 Å². The lowest BCUT2D eigenvalue weighted by Crippen LogP contribution is -2.28. The maximum Gasteiger partial charge on any atom is 0.413 e. The summed E-state index contributed by atoms with van der Waals surface area (Å²) in [7, 11) is 0. The molecule has 17 heavy (non-hydrogen) atoms. The highest BCUT2D eigenvalue weighted by Gasteiger charge is 2.04. The molecule has 0 aliphatic rings. The number of nitrogens with one attached hydrogen (secondary N) is 2. The predicted molar refractivity (Wildman–Crippen MR) is 68.1 cm³/mol. The summed E-state index contributed by atoms with van der Waals surface area (Å²) in [6.45, 7) is 0.427. The number of ether oxygens (including phenoxy) is 1. The number of benzene rings is 1. The van der Waals surface area contributed by atoms with Crippen LogP contribution in [0.4, 0.5) is 4.79 Å². The molecule has 0 fully saturated rings. The second-order valence-electron chi connectivity index (χ2n) is 3.25. The van der Waals surface area contributed by atoms with Gasteiger partial charge in [-0.15, -0.1) is 11.6 Å². The Morgan fingerprint density at radius 1 is 1.35 bits per heavy atom. The molecule has 4 nitrogen and oxygen atoms in total. The molecule has 0 saturated heterocycles. The second kappa shape index (κ2) is 7.14. The van der Waals surface area contributed by atoms with Crippen molar-refractivity contribution in [2.45, 2.75) is 6.42 Å². The van der Waals surface area contributed by atoms with Crippen LogP contribution in [0, 0.1) is 5.41 Å². The first-order chi connectivity index (χ1) is 8.11. The Hall–Kier alpha value is -1.26. The van der Waals surface area contributed by atoms with E-state index in [1.54, 1.807) is 12.1 Å². The van der Waals surface area contributed by atoms with Crippen LogP contribution in [0.25, 0.3) is 0 Å². The van der Waals surface area contributed by atoms with Crippen molar-refractivity contribution in [3.63, 3.8) is 0 Å². The van der Waals surface area contributed by atoms with Gasteiger partial charge >= 0.3 is 6.09 Å². The van der Waals surface area contributed by atoms with E-state index in [9.17, 15) is 4.79 Å². The average Bonchev–Trinajstić information content (AvgIpc) is 2.31. The number of carbonyl (C=O) groups excluding carboxylic acids is 1. The van der Waals surface area contributed by atoms with Crippen molar-refractivity contribution in [1.29, 1.82) is 5.41 Å². The minimum atomic E-state index is -0.662. The molecular formula is C11H12Cl2N2O2. The highest BCUT2D eigenvalue weighted by Crippen LogP contribution is 2.09. The summed E-state index contributed by atoms with van der Waals surface area (Å²) in [6, 6.07) is 7.35. The van der Waals surface area contributed by atoms with E-state index in [2.05, 4.69) is 10.1 Å². The van der Waals surface area contributed by atoms with Crippen LogP contribution >= 0.6 is 23.2 Å².